The minimum atomic E-state index is -4.73. The van der Waals surface area contributed by atoms with Gasteiger partial charge in [0.1, 0.15) is 23.3 Å². The summed E-state index contributed by atoms with van der Waals surface area (Å²) in [5.41, 5.74) is 0.0642. The molecule has 0 radical (unpaired) electrons. The second kappa shape index (κ2) is 11.6. The van der Waals surface area contributed by atoms with E-state index in [4.69, 9.17) is 0 Å². The summed E-state index contributed by atoms with van der Waals surface area (Å²) in [6.07, 6.45) is 1.51. The summed E-state index contributed by atoms with van der Waals surface area (Å²) < 4.78 is 95.0. The van der Waals surface area contributed by atoms with Crippen LogP contribution in [0.4, 0.5) is 30.7 Å². The van der Waals surface area contributed by atoms with Gasteiger partial charge in [-0.3, -0.25) is 0 Å². The molecule has 0 bridgehead atoms. The normalized spacial score (nSPS) is 12.0. The molecule has 0 aliphatic carbocycles. The molecule has 0 aromatic heterocycles. The van der Waals surface area contributed by atoms with Crippen LogP contribution in [0, 0.1) is 23.3 Å². The third kappa shape index (κ3) is 7.20. The lowest BCUT2D eigenvalue weighted by Crippen LogP contribution is -2.01. The van der Waals surface area contributed by atoms with Crippen LogP contribution in [0.5, 0.6) is 0 Å². The Bertz CT molecular complexity index is 1170. The van der Waals surface area contributed by atoms with Gasteiger partial charge in [0.15, 0.2) is 0 Å². The second-order valence-electron chi connectivity index (χ2n) is 8.40. The minimum Gasteiger partial charge on any atom is -0.206 e. The maximum absolute atomic E-state index is 14.8. The Morgan fingerprint density at radius 3 is 1.83 bits per heavy atom. The monoisotopic (exact) mass is 494 g/mol. The molecule has 3 aromatic carbocycles. The smallest absolute Gasteiger partial charge is 0.206 e. The van der Waals surface area contributed by atoms with Crippen molar-refractivity contribution in [3.05, 3.63) is 89.0 Å². The average molecular weight is 494 g/mol. The number of hydrogen-bond donors (Lipinski definition) is 0. The minimum absolute atomic E-state index is 0.165. The fraction of sp³-hybridized carbons (Fsp3) is 0.286. The predicted molar refractivity (Wildman–Crippen MR) is 125 cm³/mol. The van der Waals surface area contributed by atoms with Gasteiger partial charge < -0.3 is 0 Å². The van der Waals surface area contributed by atoms with E-state index in [1.807, 2.05) is 0 Å². The average Bonchev–Trinajstić information content (AvgIpc) is 2.77. The highest BCUT2D eigenvalue weighted by Crippen LogP contribution is 2.32. The lowest BCUT2D eigenvalue weighted by atomic mass is 9.96. The number of rotatable bonds is 9. The van der Waals surface area contributed by atoms with Crippen LogP contribution in [0.1, 0.15) is 50.2 Å². The fourth-order valence-corrected chi connectivity index (χ4v) is 3.87. The molecule has 0 N–H and O–H groups in total. The van der Waals surface area contributed by atoms with Gasteiger partial charge in [0, 0.05) is 22.8 Å². The molecule has 186 valence electrons. The molecule has 3 aromatic rings. The Labute approximate surface area is 200 Å². The van der Waals surface area contributed by atoms with E-state index < -0.39 is 35.0 Å². The van der Waals surface area contributed by atoms with Crippen LogP contribution in [0.2, 0.25) is 0 Å². The van der Waals surface area contributed by atoms with Gasteiger partial charge in [-0.25, -0.2) is 17.6 Å². The zero-order valence-corrected chi connectivity index (χ0v) is 19.2. The first-order chi connectivity index (χ1) is 16.6. The molecule has 0 heterocycles. The Balaban J connectivity index is 1.81. The van der Waals surface area contributed by atoms with Gasteiger partial charge in [-0.2, -0.15) is 13.2 Å². The summed E-state index contributed by atoms with van der Waals surface area (Å²) in [5.74, 6) is -3.87. The Morgan fingerprint density at radius 1 is 0.657 bits per heavy atom. The van der Waals surface area contributed by atoms with E-state index in [1.165, 1.54) is 24.6 Å². The summed E-state index contributed by atoms with van der Waals surface area (Å²) in [5, 5.41) is 0. The summed E-state index contributed by atoms with van der Waals surface area (Å²) in [6, 6.07) is 10.1. The molecule has 0 aliphatic rings. The summed E-state index contributed by atoms with van der Waals surface area (Å²) in [4.78, 5) is 0. The van der Waals surface area contributed by atoms with E-state index in [0.29, 0.717) is 0 Å². The van der Waals surface area contributed by atoms with Gasteiger partial charge >= 0.3 is 6.18 Å². The molecule has 0 fully saturated rings. The highest BCUT2D eigenvalue weighted by atomic mass is 19.4. The third-order valence-electron chi connectivity index (χ3n) is 5.71. The van der Waals surface area contributed by atoms with Gasteiger partial charge in [-0.15, -0.1) is 0 Å². The lowest BCUT2D eigenvalue weighted by molar-refractivity contribution is -0.0790. The number of aryl methyl sites for hydroxylation is 1. The van der Waals surface area contributed by atoms with Gasteiger partial charge in [-0.05, 0) is 59.9 Å². The van der Waals surface area contributed by atoms with Crippen molar-refractivity contribution in [2.24, 2.45) is 0 Å². The number of unbranched alkanes of at least 4 members (excludes halogenated alkanes) is 4. The fourth-order valence-electron chi connectivity index (χ4n) is 3.87. The van der Waals surface area contributed by atoms with Crippen LogP contribution in [0.25, 0.3) is 28.3 Å². The SMILES string of the molecule is CCCCCCCc1ccc(-c2ccc(-c3cc(F)c(C=CC(F)(F)F)c(F)c3)c(F)c2)c(F)c1. The van der Waals surface area contributed by atoms with E-state index in [9.17, 15) is 30.7 Å². The molecule has 0 nitrogen and oxygen atoms in total. The van der Waals surface area contributed by atoms with E-state index in [0.717, 1.165) is 55.9 Å². The van der Waals surface area contributed by atoms with Crippen LogP contribution in [0.15, 0.2) is 54.6 Å². The predicted octanol–water partition coefficient (Wildman–Crippen LogP) is 9.67. The van der Waals surface area contributed by atoms with Gasteiger partial charge in [0.2, 0.25) is 0 Å². The van der Waals surface area contributed by atoms with Crippen LogP contribution >= 0.6 is 0 Å². The summed E-state index contributed by atoms with van der Waals surface area (Å²) in [6.45, 7) is 2.14. The van der Waals surface area contributed by atoms with Crippen LogP contribution in [-0.2, 0) is 6.42 Å². The molecule has 35 heavy (non-hydrogen) atoms. The first-order valence-corrected chi connectivity index (χ1v) is 11.4. The molecule has 0 saturated heterocycles. The second-order valence-corrected chi connectivity index (χ2v) is 8.40. The van der Waals surface area contributed by atoms with E-state index >= 15 is 0 Å². The Morgan fingerprint density at radius 2 is 1.23 bits per heavy atom. The molecular formula is C28H25F7. The molecule has 3 rings (SSSR count). The number of halogens is 7. The van der Waals surface area contributed by atoms with Gasteiger partial charge in [-0.1, -0.05) is 56.9 Å². The maximum atomic E-state index is 14.8. The standard InChI is InChI=1S/C28H25F7/c1-2-3-4-5-6-7-18-8-10-21(24(29)14-18)19-9-11-22(25(30)15-19)20-16-26(31)23(27(32)17-20)12-13-28(33,34)35/h8-17H,2-7H2,1H3. The van der Waals surface area contributed by atoms with E-state index in [-0.39, 0.29) is 34.4 Å². The quantitative estimate of drug-likeness (QED) is 0.205. The largest absolute Gasteiger partial charge is 0.409 e. The highest BCUT2D eigenvalue weighted by Gasteiger charge is 2.23. The van der Waals surface area contributed by atoms with Crippen molar-refractivity contribution in [3.63, 3.8) is 0 Å². The maximum Gasteiger partial charge on any atom is 0.409 e. The topological polar surface area (TPSA) is 0 Å². The van der Waals surface area contributed by atoms with Gasteiger partial charge in [0.05, 0.1) is 0 Å². The third-order valence-corrected chi connectivity index (χ3v) is 5.71. The molecule has 0 spiro atoms. The Kier molecular flexibility index (Phi) is 8.76. The number of hydrogen-bond acceptors (Lipinski definition) is 0. The number of alkyl halides is 3. The first kappa shape index (κ1) is 26.5. The number of benzene rings is 3. The van der Waals surface area contributed by atoms with E-state index in [2.05, 4.69) is 6.92 Å². The van der Waals surface area contributed by atoms with Crippen molar-refractivity contribution in [2.75, 3.05) is 0 Å². The lowest BCUT2D eigenvalue weighted by Gasteiger charge is -2.11. The van der Waals surface area contributed by atoms with Crippen LogP contribution < -0.4 is 0 Å². The summed E-state index contributed by atoms with van der Waals surface area (Å²) >= 11 is 0. The zero-order valence-electron chi connectivity index (χ0n) is 19.2. The van der Waals surface area contributed by atoms with Crippen LogP contribution in [-0.4, -0.2) is 6.18 Å². The molecule has 0 saturated carbocycles. The number of allylic oxidation sites excluding steroid dienone is 1. The molecular weight excluding hydrogens is 469 g/mol. The van der Waals surface area contributed by atoms with Crippen molar-refractivity contribution in [1.82, 2.24) is 0 Å². The Hall–Kier alpha value is -3.09. The van der Waals surface area contributed by atoms with Crippen molar-refractivity contribution >= 4 is 6.08 Å². The van der Waals surface area contributed by atoms with Crippen molar-refractivity contribution < 1.29 is 30.7 Å². The van der Waals surface area contributed by atoms with Crippen molar-refractivity contribution in [2.45, 2.75) is 51.6 Å². The highest BCUT2D eigenvalue weighted by molar-refractivity contribution is 5.72. The van der Waals surface area contributed by atoms with Gasteiger partial charge in [0.25, 0.3) is 0 Å². The first-order valence-electron chi connectivity index (χ1n) is 11.4. The van der Waals surface area contributed by atoms with Crippen LogP contribution in [0.3, 0.4) is 0 Å². The van der Waals surface area contributed by atoms with Crippen molar-refractivity contribution in [1.29, 1.82) is 0 Å². The van der Waals surface area contributed by atoms with E-state index in [1.54, 1.807) is 12.1 Å². The molecule has 0 unspecified atom stereocenters. The molecule has 0 amide bonds. The summed E-state index contributed by atoms with van der Waals surface area (Å²) in [7, 11) is 0. The van der Waals surface area contributed by atoms with Crippen molar-refractivity contribution in [3.8, 4) is 22.3 Å². The molecule has 7 heteroatoms. The molecule has 0 atom stereocenters. The molecule has 0 aliphatic heterocycles. The zero-order chi connectivity index (χ0) is 25.6.